The van der Waals surface area contributed by atoms with Crippen LogP contribution in [0.2, 0.25) is 0 Å². The molecule has 0 spiro atoms. The molecule has 0 saturated heterocycles. The number of hydrogen-bond donors (Lipinski definition) is 1. The molecule has 0 aliphatic carbocycles. The van der Waals surface area contributed by atoms with Gasteiger partial charge in [-0.2, -0.15) is 0 Å². The largest absolute Gasteiger partial charge is 0.343 e. The van der Waals surface area contributed by atoms with Gasteiger partial charge in [-0.25, -0.2) is 17.1 Å². The third-order valence-corrected chi connectivity index (χ3v) is 5.82. The summed E-state index contributed by atoms with van der Waals surface area (Å²) in [7, 11) is 0.673. The normalized spacial score (nSPS) is 11.3. The highest BCUT2D eigenvalue weighted by Crippen LogP contribution is 2.15. The van der Waals surface area contributed by atoms with Gasteiger partial charge in [0.1, 0.15) is 5.82 Å². The van der Waals surface area contributed by atoms with E-state index in [2.05, 4.69) is 5.32 Å². The average molecular weight is 407 g/mol. The molecule has 0 atom stereocenters. The minimum Gasteiger partial charge on any atom is -0.343 e. The maximum absolute atomic E-state index is 13.2. The molecule has 0 saturated carbocycles. The number of nitrogens with one attached hydrogen (secondary N) is 1. The molecule has 0 radical (unpaired) electrons. The van der Waals surface area contributed by atoms with Crippen molar-refractivity contribution < 1.29 is 22.4 Å². The van der Waals surface area contributed by atoms with Crippen molar-refractivity contribution in [1.29, 1.82) is 0 Å². The molecule has 2 aromatic rings. The lowest BCUT2D eigenvalue weighted by atomic mass is 10.2. The first kappa shape index (κ1) is 21.5. The number of likely N-dealkylation sites (N-methyl/N-ethyl adjacent to an activating group) is 1. The van der Waals surface area contributed by atoms with Crippen LogP contribution in [0.15, 0.2) is 53.4 Å². The summed E-state index contributed by atoms with van der Waals surface area (Å²) in [6.07, 6.45) is 0. The van der Waals surface area contributed by atoms with Gasteiger partial charge in [0.2, 0.25) is 15.9 Å². The first-order valence-corrected chi connectivity index (χ1v) is 9.84. The summed E-state index contributed by atoms with van der Waals surface area (Å²) in [5, 5.41) is 2.47. The van der Waals surface area contributed by atoms with Crippen molar-refractivity contribution >= 4 is 21.8 Å². The fourth-order valence-corrected chi connectivity index (χ4v) is 3.35. The van der Waals surface area contributed by atoms with Gasteiger partial charge < -0.3 is 10.2 Å². The Kier molecular flexibility index (Phi) is 6.87. The second-order valence-electron chi connectivity index (χ2n) is 6.38. The summed E-state index contributed by atoms with van der Waals surface area (Å²) in [5.74, 6) is -1.32. The topological polar surface area (TPSA) is 86.8 Å². The van der Waals surface area contributed by atoms with E-state index in [0.717, 1.165) is 4.31 Å². The molecule has 7 nitrogen and oxygen atoms in total. The number of rotatable bonds is 7. The van der Waals surface area contributed by atoms with Crippen LogP contribution in [0, 0.1) is 5.82 Å². The van der Waals surface area contributed by atoms with Gasteiger partial charge in [0, 0.05) is 33.3 Å². The second-order valence-corrected chi connectivity index (χ2v) is 8.53. The van der Waals surface area contributed by atoms with Crippen molar-refractivity contribution in [2.75, 3.05) is 27.7 Å². The molecule has 150 valence electrons. The average Bonchev–Trinajstić information content (AvgIpc) is 2.65. The molecule has 0 aromatic heterocycles. The van der Waals surface area contributed by atoms with E-state index in [9.17, 15) is 22.4 Å². The van der Waals surface area contributed by atoms with Crippen LogP contribution in [0.5, 0.6) is 0 Å². The van der Waals surface area contributed by atoms with Gasteiger partial charge in [0.25, 0.3) is 5.91 Å². The highest BCUT2D eigenvalue weighted by Gasteiger charge is 2.19. The zero-order chi connectivity index (χ0) is 20.9. The Morgan fingerprint density at radius 1 is 1.04 bits per heavy atom. The molecule has 1 N–H and O–H groups in total. The first-order chi connectivity index (χ1) is 13.1. The van der Waals surface area contributed by atoms with E-state index in [1.54, 1.807) is 19.2 Å². The Balaban J connectivity index is 1.99. The van der Waals surface area contributed by atoms with Crippen molar-refractivity contribution in [3.8, 4) is 0 Å². The molecule has 0 aliphatic heterocycles. The molecule has 2 aromatic carbocycles. The van der Waals surface area contributed by atoms with E-state index in [4.69, 9.17) is 0 Å². The van der Waals surface area contributed by atoms with E-state index < -0.39 is 15.9 Å². The number of sulfonamides is 1. The van der Waals surface area contributed by atoms with E-state index in [0.29, 0.717) is 5.56 Å². The SMILES string of the molecule is CN(Cc1cccc(F)c1)C(=O)CNC(=O)c1cccc(S(=O)(=O)N(C)C)c1. The number of halogens is 1. The molecule has 0 bridgehead atoms. The third kappa shape index (κ3) is 5.37. The lowest BCUT2D eigenvalue weighted by molar-refractivity contribution is -0.129. The predicted molar refractivity (Wildman–Crippen MR) is 103 cm³/mol. The number of nitrogens with zero attached hydrogens (tertiary/aromatic N) is 2. The molecule has 28 heavy (non-hydrogen) atoms. The van der Waals surface area contributed by atoms with Gasteiger partial charge >= 0.3 is 0 Å². The number of hydrogen-bond acceptors (Lipinski definition) is 4. The monoisotopic (exact) mass is 407 g/mol. The minimum absolute atomic E-state index is 0.0142. The van der Waals surface area contributed by atoms with Crippen LogP contribution in [0.4, 0.5) is 4.39 Å². The summed E-state index contributed by atoms with van der Waals surface area (Å²) >= 11 is 0. The van der Waals surface area contributed by atoms with Crippen LogP contribution in [-0.4, -0.2) is 57.1 Å². The fourth-order valence-electron chi connectivity index (χ4n) is 2.40. The van der Waals surface area contributed by atoms with Crippen LogP contribution < -0.4 is 5.32 Å². The van der Waals surface area contributed by atoms with E-state index >= 15 is 0 Å². The van der Waals surface area contributed by atoms with Gasteiger partial charge in [0.15, 0.2) is 0 Å². The predicted octanol–water partition coefficient (Wildman–Crippen LogP) is 1.46. The van der Waals surface area contributed by atoms with Crippen molar-refractivity contribution in [1.82, 2.24) is 14.5 Å². The summed E-state index contributed by atoms with van der Waals surface area (Å²) < 4.78 is 38.6. The van der Waals surface area contributed by atoms with Gasteiger partial charge in [-0.3, -0.25) is 9.59 Å². The summed E-state index contributed by atoms with van der Waals surface area (Å²) in [5.41, 5.74) is 0.757. The third-order valence-electron chi connectivity index (χ3n) is 4.01. The van der Waals surface area contributed by atoms with Crippen LogP contribution >= 0.6 is 0 Å². The standard InChI is InChI=1S/C19H22FN3O4S/c1-22(2)28(26,27)17-9-5-7-15(11-17)19(25)21-12-18(24)23(3)13-14-6-4-8-16(20)10-14/h4-11H,12-13H2,1-3H3,(H,21,25). The Morgan fingerprint density at radius 2 is 1.71 bits per heavy atom. The zero-order valence-electron chi connectivity index (χ0n) is 15.8. The molecule has 0 fully saturated rings. The van der Waals surface area contributed by atoms with E-state index in [-0.39, 0.29) is 35.3 Å². The summed E-state index contributed by atoms with van der Waals surface area (Å²) in [6.45, 7) is -0.0711. The van der Waals surface area contributed by atoms with Gasteiger partial charge in [0.05, 0.1) is 11.4 Å². The highest BCUT2D eigenvalue weighted by molar-refractivity contribution is 7.89. The van der Waals surface area contributed by atoms with Crippen molar-refractivity contribution in [3.05, 3.63) is 65.5 Å². The first-order valence-electron chi connectivity index (χ1n) is 8.40. The van der Waals surface area contributed by atoms with Gasteiger partial charge in [-0.05, 0) is 35.9 Å². The van der Waals surface area contributed by atoms with Gasteiger partial charge in [-0.1, -0.05) is 18.2 Å². The van der Waals surface area contributed by atoms with Crippen LogP contribution in [-0.2, 0) is 21.4 Å². The van der Waals surface area contributed by atoms with E-state index in [1.165, 1.54) is 55.4 Å². The summed E-state index contributed by atoms with van der Waals surface area (Å²) in [6, 6.07) is 11.5. The second kappa shape index (κ2) is 8.94. The molecule has 0 heterocycles. The lowest BCUT2D eigenvalue weighted by Gasteiger charge is -2.18. The van der Waals surface area contributed by atoms with Crippen molar-refractivity contribution in [3.63, 3.8) is 0 Å². The van der Waals surface area contributed by atoms with Crippen molar-refractivity contribution in [2.24, 2.45) is 0 Å². The molecule has 2 amide bonds. The molecular formula is C19H22FN3O4S. The molecule has 2 rings (SSSR count). The van der Waals surface area contributed by atoms with Crippen LogP contribution in [0.25, 0.3) is 0 Å². The molecule has 0 aliphatic rings. The lowest BCUT2D eigenvalue weighted by Crippen LogP contribution is -2.37. The smallest absolute Gasteiger partial charge is 0.251 e. The fraction of sp³-hybridized carbons (Fsp3) is 0.263. The zero-order valence-corrected chi connectivity index (χ0v) is 16.7. The number of benzene rings is 2. The quantitative estimate of drug-likeness (QED) is 0.753. The number of amides is 2. The van der Waals surface area contributed by atoms with E-state index in [1.807, 2.05) is 0 Å². The molecule has 0 unspecified atom stereocenters. The Bertz CT molecular complexity index is 977. The highest BCUT2D eigenvalue weighted by atomic mass is 32.2. The number of carbonyl (C=O) groups excluding carboxylic acids is 2. The Hall–Kier alpha value is -2.78. The van der Waals surface area contributed by atoms with Crippen LogP contribution in [0.3, 0.4) is 0 Å². The minimum atomic E-state index is -3.67. The maximum Gasteiger partial charge on any atom is 0.251 e. The molecular weight excluding hydrogens is 385 g/mol. The molecule has 9 heteroatoms. The maximum atomic E-state index is 13.2. The summed E-state index contributed by atoms with van der Waals surface area (Å²) in [4.78, 5) is 25.8. The van der Waals surface area contributed by atoms with Gasteiger partial charge in [-0.15, -0.1) is 0 Å². The Morgan fingerprint density at radius 3 is 2.36 bits per heavy atom. The number of carbonyl (C=O) groups is 2. The van der Waals surface area contributed by atoms with Crippen molar-refractivity contribution in [2.45, 2.75) is 11.4 Å². The Labute approximate surface area is 163 Å². The van der Waals surface area contributed by atoms with Crippen LogP contribution in [0.1, 0.15) is 15.9 Å².